The van der Waals surface area contributed by atoms with E-state index in [0.717, 1.165) is 28.1 Å². The van der Waals surface area contributed by atoms with E-state index in [4.69, 9.17) is 4.74 Å². The second-order valence-electron chi connectivity index (χ2n) is 8.77. The van der Waals surface area contributed by atoms with Crippen LogP contribution < -0.4 is 10.1 Å². The van der Waals surface area contributed by atoms with E-state index in [9.17, 15) is 9.59 Å². The van der Waals surface area contributed by atoms with Gasteiger partial charge in [0, 0.05) is 19.0 Å². The molecule has 2 heterocycles. The van der Waals surface area contributed by atoms with Gasteiger partial charge in [-0.2, -0.15) is 0 Å². The topological polar surface area (TPSA) is 74.2 Å². The smallest absolute Gasteiger partial charge is 0.246 e. The highest BCUT2D eigenvalue weighted by atomic mass is 16.5. The summed E-state index contributed by atoms with van der Waals surface area (Å²) in [5.74, 6) is 1.36. The summed E-state index contributed by atoms with van der Waals surface area (Å²) in [6.45, 7) is 1.29. The largest absolute Gasteiger partial charge is 0.493 e. The second kappa shape index (κ2) is 10.0. The van der Waals surface area contributed by atoms with Crippen LogP contribution >= 0.6 is 0 Å². The van der Waals surface area contributed by atoms with E-state index < -0.39 is 0 Å². The number of aliphatic imine (C=N–C) groups is 1. The Morgan fingerprint density at radius 2 is 1.69 bits per heavy atom. The van der Waals surface area contributed by atoms with Gasteiger partial charge >= 0.3 is 0 Å². The Bertz CT molecular complexity index is 1200. The minimum Gasteiger partial charge on any atom is -0.493 e. The van der Waals surface area contributed by atoms with Crippen LogP contribution in [0.2, 0.25) is 0 Å². The standard InChI is InChI=1S/C28H28N4O3/c1-31(27(20-10-4-2-5-11-20)21-12-6-3-7-13-21)26(34)16-9-17-35-24-15-8-14-23-22(24)18-32-19-25(33)30-28(32)29-23/h2-8,10-15,27H,9,16-19H2,1H3,(H,29,30,33). The number of nitrogens with zero attached hydrogens (tertiary/aromatic N) is 3. The van der Waals surface area contributed by atoms with Crippen LogP contribution in [0.25, 0.3) is 0 Å². The van der Waals surface area contributed by atoms with Crippen molar-refractivity contribution in [2.24, 2.45) is 4.99 Å². The number of ether oxygens (including phenoxy) is 1. The molecular weight excluding hydrogens is 440 g/mol. The summed E-state index contributed by atoms with van der Waals surface area (Å²) in [6.07, 6.45) is 0.982. The lowest BCUT2D eigenvalue weighted by atomic mass is 9.97. The van der Waals surface area contributed by atoms with Crippen molar-refractivity contribution >= 4 is 23.5 Å². The van der Waals surface area contributed by atoms with E-state index in [1.165, 1.54) is 0 Å². The molecule has 5 rings (SSSR count). The van der Waals surface area contributed by atoms with Crippen LogP contribution in [-0.2, 0) is 16.1 Å². The normalized spacial score (nSPS) is 14.2. The van der Waals surface area contributed by atoms with Gasteiger partial charge in [0.25, 0.3) is 0 Å². The SMILES string of the molecule is CN(C(=O)CCCOc1cccc2c1CN1CC(=O)NC1=N2)C(c1ccccc1)c1ccccc1. The van der Waals surface area contributed by atoms with Crippen molar-refractivity contribution in [3.63, 3.8) is 0 Å². The number of fused-ring (bicyclic) bond motifs is 2. The first kappa shape index (κ1) is 22.7. The first-order valence-corrected chi connectivity index (χ1v) is 11.8. The van der Waals surface area contributed by atoms with Gasteiger partial charge in [-0.05, 0) is 29.7 Å². The lowest BCUT2D eigenvalue weighted by Gasteiger charge is -2.29. The number of guanidine groups is 1. The Hall–Kier alpha value is -4.13. The maximum atomic E-state index is 13.1. The van der Waals surface area contributed by atoms with E-state index >= 15 is 0 Å². The third kappa shape index (κ3) is 4.89. The van der Waals surface area contributed by atoms with E-state index in [0.29, 0.717) is 38.5 Å². The van der Waals surface area contributed by atoms with Gasteiger partial charge < -0.3 is 14.5 Å². The number of carbonyl (C=O) groups is 2. The molecule has 7 nitrogen and oxygen atoms in total. The van der Waals surface area contributed by atoms with Crippen LogP contribution in [-0.4, -0.2) is 47.8 Å². The molecule has 0 spiro atoms. The molecule has 2 aliphatic rings. The summed E-state index contributed by atoms with van der Waals surface area (Å²) in [5, 5.41) is 2.78. The highest BCUT2D eigenvalue weighted by Gasteiger charge is 2.30. The zero-order valence-corrected chi connectivity index (χ0v) is 19.7. The number of rotatable bonds is 8. The second-order valence-corrected chi connectivity index (χ2v) is 8.77. The summed E-state index contributed by atoms with van der Waals surface area (Å²) < 4.78 is 6.07. The monoisotopic (exact) mass is 468 g/mol. The van der Waals surface area contributed by atoms with E-state index in [1.807, 2.05) is 71.4 Å². The van der Waals surface area contributed by atoms with Crippen molar-refractivity contribution < 1.29 is 14.3 Å². The van der Waals surface area contributed by atoms with Gasteiger partial charge in [-0.1, -0.05) is 66.7 Å². The van der Waals surface area contributed by atoms with Crippen molar-refractivity contribution in [1.29, 1.82) is 0 Å². The lowest BCUT2D eigenvalue weighted by Crippen LogP contribution is -2.32. The quantitative estimate of drug-likeness (QED) is 0.507. The molecule has 0 aliphatic carbocycles. The molecule has 0 saturated carbocycles. The molecule has 0 unspecified atom stereocenters. The fourth-order valence-corrected chi connectivity index (χ4v) is 4.62. The summed E-state index contributed by atoms with van der Waals surface area (Å²) >= 11 is 0. The molecule has 1 fully saturated rings. The third-order valence-corrected chi connectivity index (χ3v) is 6.37. The molecular formula is C28H28N4O3. The molecule has 0 aromatic heterocycles. The fraction of sp³-hybridized carbons (Fsp3) is 0.250. The van der Waals surface area contributed by atoms with Crippen LogP contribution in [0.15, 0.2) is 83.9 Å². The zero-order valence-electron chi connectivity index (χ0n) is 19.7. The molecule has 3 aromatic carbocycles. The molecule has 2 amide bonds. The Balaban J connectivity index is 1.21. The molecule has 35 heavy (non-hydrogen) atoms. The molecule has 3 aromatic rings. The molecule has 1 saturated heterocycles. The number of benzene rings is 3. The summed E-state index contributed by atoms with van der Waals surface area (Å²) in [7, 11) is 1.86. The Labute approximate surface area is 205 Å². The number of hydrogen-bond acceptors (Lipinski definition) is 5. The average Bonchev–Trinajstić information content (AvgIpc) is 3.25. The molecule has 2 aliphatic heterocycles. The van der Waals surface area contributed by atoms with Crippen molar-refractivity contribution in [2.75, 3.05) is 20.2 Å². The molecule has 0 radical (unpaired) electrons. The maximum Gasteiger partial charge on any atom is 0.246 e. The van der Waals surface area contributed by atoms with Crippen molar-refractivity contribution in [3.05, 3.63) is 95.6 Å². The summed E-state index contributed by atoms with van der Waals surface area (Å²) in [5.41, 5.74) is 3.93. The fourth-order valence-electron chi connectivity index (χ4n) is 4.62. The molecule has 0 atom stereocenters. The number of hydrogen-bond donors (Lipinski definition) is 1. The van der Waals surface area contributed by atoms with Gasteiger partial charge in [0.05, 0.1) is 24.9 Å². The summed E-state index contributed by atoms with van der Waals surface area (Å²) in [4.78, 5) is 33.1. The van der Waals surface area contributed by atoms with Gasteiger partial charge in [-0.15, -0.1) is 0 Å². The highest BCUT2D eigenvalue weighted by molar-refractivity contribution is 6.05. The Morgan fingerprint density at radius 3 is 2.37 bits per heavy atom. The van der Waals surface area contributed by atoms with Crippen LogP contribution in [0.4, 0.5) is 5.69 Å². The zero-order chi connectivity index (χ0) is 24.2. The predicted molar refractivity (Wildman–Crippen MR) is 134 cm³/mol. The minimum absolute atomic E-state index is 0.0500. The van der Waals surface area contributed by atoms with Crippen molar-refractivity contribution in [3.8, 4) is 5.75 Å². The van der Waals surface area contributed by atoms with Gasteiger partial charge in [0.15, 0.2) is 0 Å². The van der Waals surface area contributed by atoms with Gasteiger partial charge in [0.1, 0.15) is 12.3 Å². The van der Waals surface area contributed by atoms with Crippen molar-refractivity contribution in [1.82, 2.24) is 15.1 Å². The third-order valence-electron chi connectivity index (χ3n) is 6.37. The van der Waals surface area contributed by atoms with Gasteiger partial charge in [0.2, 0.25) is 17.8 Å². The van der Waals surface area contributed by atoms with Crippen LogP contribution in [0, 0.1) is 0 Å². The predicted octanol–water partition coefficient (Wildman–Crippen LogP) is 4.03. The van der Waals surface area contributed by atoms with Crippen molar-refractivity contribution in [2.45, 2.75) is 25.4 Å². The molecule has 7 heteroatoms. The number of amides is 2. The van der Waals surface area contributed by atoms with Crippen LogP contribution in [0.3, 0.4) is 0 Å². The van der Waals surface area contributed by atoms with E-state index in [-0.39, 0.29) is 17.9 Å². The number of carbonyl (C=O) groups excluding carboxylic acids is 2. The average molecular weight is 469 g/mol. The van der Waals surface area contributed by atoms with Crippen LogP contribution in [0.1, 0.15) is 35.6 Å². The van der Waals surface area contributed by atoms with Crippen LogP contribution in [0.5, 0.6) is 5.75 Å². The van der Waals surface area contributed by atoms with Gasteiger partial charge in [-0.25, -0.2) is 4.99 Å². The van der Waals surface area contributed by atoms with E-state index in [2.05, 4.69) is 34.6 Å². The molecule has 1 N–H and O–H groups in total. The summed E-state index contributed by atoms with van der Waals surface area (Å²) in [6, 6.07) is 25.8. The number of nitrogens with one attached hydrogen (secondary N) is 1. The Morgan fingerprint density at radius 1 is 1.00 bits per heavy atom. The maximum absolute atomic E-state index is 13.1. The van der Waals surface area contributed by atoms with E-state index in [1.54, 1.807) is 0 Å². The Kier molecular flexibility index (Phi) is 6.48. The highest BCUT2D eigenvalue weighted by Crippen LogP contribution is 2.34. The first-order chi connectivity index (χ1) is 17.1. The lowest BCUT2D eigenvalue weighted by molar-refractivity contribution is -0.131. The molecule has 0 bridgehead atoms. The molecule has 178 valence electrons. The first-order valence-electron chi connectivity index (χ1n) is 11.8. The van der Waals surface area contributed by atoms with Gasteiger partial charge in [-0.3, -0.25) is 14.9 Å². The minimum atomic E-state index is -0.143.